The van der Waals surface area contributed by atoms with Gasteiger partial charge in [0, 0.05) is 12.5 Å². The second-order valence-electron chi connectivity index (χ2n) is 3.55. The molecule has 15 heavy (non-hydrogen) atoms. The molecule has 0 spiro atoms. The van der Waals surface area contributed by atoms with Crippen LogP contribution in [0.2, 0.25) is 0 Å². The van der Waals surface area contributed by atoms with Crippen LogP contribution in [0.4, 0.5) is 17.6 Å². The second kappa shape index (κ2) is 3.40. The molecule has 0 saturated heterocycles. The third kappa shape index (κ3) is 2.22. The molecule has 0 aliphatic heterocycles. The van der Waals surface area contributed by atoms with Crippen LogP contribution >= 0.6 is 0 Å². The summed E-state index contributed by atoms with van der Waals surface area (Å²) in [5.41, 5.74) is 0. The molecule has 2 rings (SSSR count). The first-order valence-corrected chi connectivity index (χ1v) is 4.45. The van der Waals surface area contributed by atoms with Crippen LogP contribution in [0.15, 0.2) is 18.2 Å². The highest BCUT2D eigenvalue weighted by Gasteiger charge is 2.57. The van der Waals surface area contributed by atoms with Gasteiger partial charge in [0.15, 0.2) is 11.6 Å². The molecule has 1 fully saturated rings. The Balaban J connectivity index is 1.96. The maximum atomic E-state index is 13.0. The first-order chi connectivity index (χ1) is 6.99. The minimum atomic E-state index is -2.70. The van der Waals surface area contributed by atoms with Crippen LogP contribution in [-0.4, -0.2) is 12.5 Å². The summed E-state index contributed by atoms with van der Waals surface area (Å²) in [6, 6.07) is 2.68. The Morgan fingerprint density at radius 2 is 2.00 bits per heavy atom. The Morgan fingerprint density at radius 3 is 2.60 bits per heavy atom. The van der Waals surface area contributed by atoms with E-state index in [1.54, 1.807) is 0 Å². The van der Waals surface area contributed by atoms with Gasteiger partial charge in [-0.1, -0.05) is 0 Å². The van der Waals surface area contributed by atoms with Crippen molar-refractivity contribution in [3.8, 4) is 5.75 Å². The summed E-state index contributed by atoms with van der Waals surface area (Å²) in [4.78, 5) is 0. The topological polar surface area (TPSA) is 9.23 Å². The van der Waals surface area contributed by atoms with Crippen molar-refractivity contribution in [3.05, 3.63) is 29.8 Å². The van der Waals surface area contributed by atoms with Crippen molar-refractivity contribution in [1.29, 1.82) is 0 Å². The molecule has 0 radical (unpaired) electrons. The average molecular weight is 220 g/mol. The molecule has 1 aliphatic carbocycles. The number of hydrogen-bond donors (Lipinski definition) is 0. The number of ether oxygens (including phenoxy) is 1. The van der Waals surface area contributed by atoms with Crippen LogP contribution in [-0.2, 0) is 0 Å². The molecule has 0 bridgehead atoms. The number of rotatable bonds is 3. The molecular weight excluding hydrogens is 212 g/mol. The Kier molecular flexibility index (Phi) is 2.32. The van der Waals surface area contributed by atoms with Gasteiger partial charge in [-0.3, -0.25) is 0 Å². The summed E-state index contributed by atoms with van der Waals surface area (Å²) >= 11 is 0. The first-order valence-electron chi connectivity index (χ1n) is 4.45. The zero-order valence-electron chi connectivity index (χ0n) is 7.64. The van der Waals surface area contributed by atoms with Crippen molar-refractivity contribution >= 4 is 0 Å². The van der Waals surface area contributed by atoms with Crippen LogP contribution < -0.4 is 4.74 Å². The van der Waals surface area contributed by atoms with Crippen LogP contribution in [0.1, 0.15) is 6.42 Å². The Bertz CT molecular complexity index is 378. The van der Waals surface area contributed by atoms with E-state index in [1.807, 2.05) is 0 Å². The lowest BCUT2D eigenvalue weighted by atomic mass is 10.3. The van der Waals surface area contributed by atoms with Crippen LogP contribution in [0.3, 0.4) is 0 Å². The Labute approximate surface area is 83.7 Å². The molecule has 1 unspecified atom stereocenters. The lowest BCUT2D eigenvalue weighted by Crippen LogP contribution is -2.06. The predicted octanol–water partition coefficient (Wildman–Crippen LogP) is 3.00. The van der Waals surface area contributed by atoms with Gasteiger partial charge in [0.25, 0.3) is 5.92 Å². The van der Waals surface area contributed by atoms with E-state index >= 15 is 0 Å². The standard InChI is InChI=1S/C10H8F4O/c11-7-1-2-8(12)9(3-7)15-5-6-4-10(6,13)14/h1-3,6H,4-5H2. The van der Waals surface area contributed by atoms with E-state index in [0.29, 0.717) is 0 Å². The van der Waals surface area contributed by atoms with E-state index in [4.69, 9.17) is 4.74 Å². The summed E-state index contributed by atoms with van der Waals surface area (Å²) in [5, 5.41) is 0. The van der Waals surface area contributed by atoms with Crippen LogP contribution in [0.25, 0.3) is 0 Å². The number of alkyl halides is 2. The van der Waals surface area contributed by atoms with Crippen molar-refractivity contribution in [2.75, 3.05) is 6.61 Å². The fourth-order valence-corrected chi connectivity index (χ4v) is 1.23. The van der Waals surface area contributed by atoms with Gasteiger partial charge in [-0.15, -0.1) is 0 Å². The van der Waals surface area contributed by atoms with Crippen molar-refractivity contribution in [2.45, 2.75) is 12.3 Å². The van der Waals surface area contributed by atoms with Gasteiger partial charge in [0.1, 0.15) is 5.82 Å². The van der Waals surface area contributed by atoms with Gasteiger partial charge in [-0.05, 0) is 12.1 Å². The van der Waals surface area contributed by atoms with Crippen LogP contribution in [0.5, 0.6) is 5.75 Å². The highest BCUT2D eigenvalue weighted by atomic mass is 19.3. The molecule has 1 aromatic carbocycles. The monoisotopic (exact) mass is 220 g/mol. The maximum Gasteiger partial charge on any atom is 0.255 e. The summed E-state index contributed by atoms with van der Waals surface area (Å²) in [6.45, 7) is -0.284. The van der Waals surface area contributed by atoms with Gasteiger partial charge in [-0.25, -0.2) is 17.6 Å². The average Bonchev–Trinajstić information content (AvgIpc) is 2.76. The van der Waals surface area contributed by atoms with Crippen molar-refractivity contribution in [1.82, 2.24) is 0 Å². The lowest BCUT2D eigenvalue weighted by Gasteiger charge is -2.06. The third-order valence-electron chi connectivity index (χ3n) is 2.29. The van der Waals surface area contributed by atoms with E-state index < -0.39 is 23.5 Å². The van der Waals surface area contributed by atoms with E-state index in [9.17, 15) is 17.6 Å². The molecule has 1 saturated carbocycles. The van der Waals surface area contributed by atoms with Crippen LogP contribution in [0, 0.1) is 17.6 Å². The molecule has 1 nitrogen and oxygen atoms in total. The highest BCUT2D eigenvalue weighted by Crippen LogP contribution is 2.48. The SMILES string of the molecule is Fc1ccc(F)c(OCC2CC2(F)F)c1. The molecule has 0 aromatic heterocycles. The summed E-state index contributed by atoms with van der Waals surface area (Å²) in [5.74, 6) is -5.31. The summed E-state index contributed by atoms with van der Waals surface area (Å²) < 4.78 is 55.2. The smallest absolute Gasteiger partial charge is 0.255 e. The van der Waals surface area contributed by atoms with E-state index in [2.05, 4.69) is 0 Å². The minimum Gasteiger partial charge on any atom is -0.490 e. The van der Waals surface area contributed by atoms with Gasteiger partial charge < -0.3 is 4.74 Å². The number of benzene rings is 1. The molecule has 5 heteroatoms. The van der Waals surface area contributed by atoms with Crippen molar-refractivity contribution < 1.29 is 22.3 Å². The van der Waals surface area contributed by atoms with E-state index in [0.717, 1.165) is 18.2 Å². The third-order valence-corrected chi connectivity index (χ3v) is 2.29. The predicted molar refractivity (Wildman–Crippen MR) is 44.9 cm³/mol. The minimum absolute atomic E-state index is 0.246. The Morgan fingerprint density at radius 1 is 1.33 bits per heavy atom. The van der Waals surface area contributed by atoms with Gasteiger partial charge >= 0.3 is 0 Å². The molecule has 1 atom stereocenters. The fraction of sp³-hybridized carbons (Fsp3) is 0.400. The van der Waals surface area contributed by atoms with Gasteiger partial charge in [-0.2, -0.15) is 0 Å². The largest absolute Gasteiger partial charge is 0.490 e. The Hall–Kier alpha value is -1.26. The zero-order chi connectivity index (χ0) is 11.1. The fourth-order valence-electron chi connectivity index (χ4n) is 1.23. The van der Waals surface area contributed by atoms with E-state index in [1.165, 1.54) is 0 Å². The molecule has 0 amide bonds. The number of halogens is 4. The van der Waals surface area contributed by atoms with Crippen molar-refractivity contribution in [3.63, 3.8) is 0 Å². The summed E-state index contributed by atoms with van der Waals surface area (Å²) in [7, 11) is 0. The lowest BCUT2D eigenvalue weighted by molar-refractivity contribution is 0.0849. The highest BCUT2D eigenvalue weighted by molar-refractivity contribution is 5.25. The zero-order valence-corrected chi connectivity index (χ0v) is 7.64. The van der Waals surface area contributed by atoms with Crippen molar-refractivity contribution in [2.24, 2.45) is 5.92 Å². The molecule has 1 aliphatic rings. The van der Waals surface area contributed by atoms with Gasteiger partial charge in [0.05, 0.1) is 12.5 Å². The second-order valence-corrected chi connectivity index (χ2v) is 3.55. The number of hydrogen-bond acceptors (Lipinski definition) is 1. The van der Waals surface area contributed by atoms with Gasteiger partial charge in [0.2, 0.25) is 0 Å². The quantitative estimate of drug-likeness (QED) is 0.711. The molecule has 0 N–H and O–H groups in total. The summed E-state index contributed by atoms with van der Waals surface area (Å²) in [6.07, 6.45) is -0.246. The van der Waals surface area contributed by atoms with E-state index in [-0.39, 0.29) is 18.8 Å². The molecular formula is C10H8F4O. The maximum absolute atomic E-state index is 13.0. The molecule has 82 valence electrons. The molecule has 1 aromatic rings. The first kappa shape index (κ1) is 10.3. The molecule has 0 heterocycles. The normalized spacial score (nSPS) is 22.5.